The van der Waals surface area contributed by atoms with Crippen LogP contribution in [0.2, 0.25) is 0 Å². The van der Waals surface area contributed by atoms with Crippen molar-refractivity contribution in [1.82, 2.24) is 9.29 Å². The maximum atomic E-state index is 12.5. The molecule has 0 unspecified atom stereocenters. The van der Waals surface area contributed by atoms with E-state index < -0.39 is 16.0 Å². The summed E-state index contributed by atoms with van der Waals surface area (Å²) in [7, 11) is -2.50. The van der Waals surface area contributed by atoms with E-state index >= 15 is 0 Å². The molecule has 1 aromatic rings. The second-order valence-corrected chi connectivity index (χ2v) is 7.32. The van der Waals surface area contributed by atoms with Gasteiger partial charge in [0.25, 0.3) is 10.0 Å². The third kappa shape index (κ3) is 3.52. The van der Waals surface area contributed by atoms with Gasteiger partial charge in [-0.15, -0.1) is 11.3 Å². The number of ether oxygens (including phenoxy) is 1. The highest BCUT2D eigenvalue weighted by atomic mass is 32.2. The van der Waals surface area contributed by atoms with Crippen LogP contribution in [0.25, 0.3) is 0 Å². The zero-order valence-corrected chi connectivity index (χ0v) is 13.0. The van der Waals surface area contributed by atoms with Gasteiger partial charge < -0.3 is 4.74 Å². The van der Waals surface area contributed by atoms with Crippen molar-refractivity contribution in [1.29, 1.82) is 0 Å². The number of carbonyl (C=O) groups is 1. The highest BCUT2D eigenvalue weighted by Crippen LogP contribution is 2.25. The predicted octanol–water partition coefficient (Wildman–Crippen LogP) is 1.60. The molecule has 108 valence electrons. The molecule has 1 rings (SSSR count). The highest BCUT2D eigenvalue weighted by molar-refractivity contribution is 7.91. The number of hydrogen-bond acceptors (Lipinski definition) is 6. The number of esters is 1. The monoisotopic (exact) mass is 306 g/mol. The van der Waals surface area contributed by atoms with Gasteiger partial charge in [-0.25, -0.2) is 18.2 Å². The van der Waals surface area contributed by atoms with Crippen LogP contribution >= 0.6 is 11.3 Å². The molecule has 0 atom stereocenters. The Balaban J connectivity index is 3.19. The van der Waals surface area contributed by atoms with E-state index in [1.165, 1.54) is 16.9 Å². The van der Waals surface area contributed by atoms with Crippen molar-refractivity contribution in [3.05, 3.63) is 11.2 Å². The lowest BCUT2D eigenvalue weighted by Gasteiger charge is -2.21. The number of nitrogens with zero attached hydrogens (tertiary/aromatic N) is 2. The molecule has 0 N–H and O–H groups in total. The average Bonchev–Trinajstić information content (AvgIpc) is 2.84. The fourth-order valence-electron chi connectivity index (χ4n) is 1.57. The van der Waals surface area contributed by atoms with E-state index in [1.54, 1.807) is 6.92 Å². The van der Waals surface area contributed by atoms with Gasteiger partial charge in [-0.3, -0.25) is 0 Å². The van der Waals surface area contributed by atoms with Gasteiger partial charge in [-0.05, 0) is 5.92 Å². The topological polar surface area (TPSA) is 76.6 Å². The molecular formula is C11H18N2O4S2. The lowest BCUT2D eigenvalue weighted by atomic mass is 10.2. The van der Waals surface area contributed by atoms with Crippen molar-refractivity contribution in [2.24, 2.45) is 5.92 Å². The number of sulfonamides is 1. The van der Waals surface area contributed by atoms with Gasteiger partial charge in [0.1, 0.15) is 0 Å². The number of thiazole rings is 1. The molecule has 0 saturated heterocycles. The first kappa shape index (κ1) is 16.1. The molecule has 8 heteroatoms. The molecule has 0 bridgehead atoms. The van der Waals surface area contributed by atoms with Crippen molar-refractivity contribution < 1.29 is 17.9 Å². The fourth-order valence-corrected chi connectivity index (χ4v) is 4.46. The van der Waals surface area contributed by atoms with Gasteiger partial charge in [0.2, 0.25) is 0 Å². The quantitative estimate of drug-likeness (QED) is 0.746. The first-order valence-corrected chi connectivity index (χ1v) is 8.18. The van der Waals surface area contributed by atoms with E-state index in [0.717, 1.165) is 11.3 Å². The molecular weight excluding hydrogens is 288 g/mol. The van der Waals surface area contributed by atoms with E-state index in [-0.39, 0.29) is 15.8 Å². The number of rotatable bonds is 6. The summed E-state index contributed by atoms with van der Waals surface area (Å²) in [4.78, 5) is 15.3. The van der Waals surface area contributed by atoms with Crippen LogP contribution in [0, 0.1) is 5.92 Å². The minimum atomic E-state index is -3.70. The summed E-state index contributed by atoms with van der Waals surface area (Å²) in [5.74, 6) is -0.537. The van der Waals surface area contributed by atoms with Crippen LogP contribution in [0.15, 0.2) is 9.72 Å². The molecule has 19 heavy (non-hydrogen) atoms. The number of hydrogen-bond donors (Lipinski definition) is 0. The van der Waals surface area contributed by atoms with Crippen molar-refractivity contribution >= 4 is 27.3 Å². The number of carbonyl (C=O) groups excluding carboxylic acids is 1. The zero-order valence-electron chi connectivity index (χ0n) is 11.4. The highest BCUT2D eigenvalue weighted by Gasteiger charge is 2.31. The van der Waals surface area contributed by atoms with Crippen LogP contribution in [0.4, 0.5) is 0 Å². The van der Waals surface area contributed by atoms with Crippen LogP contribution in [-0.4, -0.2) is 43.9 Å². The standard InChI is InChI=1S/C11H18N2O4S2/c1-5-13(6-8(2)3)19(15,16)11-9(10(14)17-4)12-7-18-11/h7-8H,5-6H2,1-4H3. The zero-order chi connectivity index (χ0) is 14.6. The van der Waals surface area contributed by atoms with Crippen molar-refractivity contribution in [3.8, 4) is 0 Å². The lowest BCUT2D eigenvalue weighted by Crippen LogP contribution is -2.34. The van der Waals surface area contributed by atoms with Crippen LogP contribution in [0.3, 0.4) is 0 Å². The lowest BCUT2D eigenvalue weighted by molar-refractivity contribution is 0.0590. The molecule has 6 nitrogen and oxygen atoms in total. The molecule has 1 heterocycles. The summed E-state index contributed by atoms with van der Waals surface area (Å²) >= 11 is 0.929. The Morgan fingerprint density at radius 1 is 1.53 bits per heavy atom. The van der Waals surface area contributed by atoms with E-state index in [9.17, 15) is 13.2 Å². The first-order valence-electron chi connectivity index (χ1n) is 5.86. The van der Waals surface area contributed by atoms with Crippen molar-refractivity contribution in [2.75, 3.05) is 20.2 Å². The van der Waals surface area contributed by atoms with Crippen molar-refractivity contribution in [2.45, 2.75) is 25.0 Å². The maximum absolute atomic E-state index is 12.5. The van der Waals surface area contributed by atoms with Gasteiger partial charge >= 0.3 is 5.97 Å². The minimum Gasteiger partial charge on any atom is -0.464 e. The largest absolute Gasteiger partial charge is 0.464 e. The second kappa shape index (κ2) is 6.44. The third-order valence-electron chi connectivity index (χ3n) is 2.41. The van der Waals surface area contributed by atoms with Crippen LogP contribution in [-0.2, 0) is 14.8 Å². The molecule has 0 radical (unpaired) electrons. The van der Waals surface area contributed by atoms with Crippen LogP contribution in [0.5, 0.6) is 0 Å². The summed E-state index contributed by atoms with van der Waals surface area (Å²) in [5, 5.41) is 0. The summed E-state index contributed by atoms with van der Waals surface area (Å²) in [6.07, 6.45) is 0. The Morgan fingerprint density at radius 3 is 2.63 bits per heavy atom. The molecule has 0 aliphatic carbocycles. The van der Waals surface area contributed by atoms with E-state index in [2.05, 4.69) is 9.72 Å². The smallest absolute Gasteiger partial charge is 0.358 e. The van der Waals surface area contributed by atoms with Gasteiger partial charge in [0.15, 0.2) is 9.90 Å². The normalized spacial score (nSPS) is 12.1. The van der Waals surface area contributed by atoms with Crippen LogP contribution in [0.1, 0.15) is 31.3 Å². The maximum Gasteiger partial charge on any atom is 0.358 e. The Kier molecular flexibility index (Phi) is 5.45. The van der Waals surface area contributed by atoms with Crippen molar-refractivity contribution in [3.63, 3.8) is 0 Å². The summed E-state index contributed by atoms with van der Waals surface area (Å²) < 4.78 is 30.8. The summed E-state index contributed by atoms with van der Waals surface area (Å²) in [6, 6.07) is 0. The minimum absolute atomic E-state index is 0.0538. The first-order chi connectivity index (χ1) is 8.84. The number of aromatic nitrogens is 1. The van der Waals surface area contributed by atoms with E-state index in [0.29, 0.717) is 13.1 Å². The Morgan fingerprint density at radius 2 is 2.16 bits per heavy atom. The Labute approximate surface area is 117 Å². The molecule has 0 aliphatic rings. The van der Waals surface area contributed by atoms with Crippen LogP contribution < -0.4 is 0 Å². The molecule has 0 fully saturated rings. The van der Waals surface area contributed by atoms with Gasteiger partial charge in [-0.2, -0.15) is 4.31 Å². The van der Waals surface area contributed by atoms with Gasteiger partial charge in [0, 0.05) is 13.1 Å². The fraction of sp³-hybridized carbons (Fsp3) is 0.636. The molecule has 0 amide bonds. The van der Waals surface area contributed by atoms with E-state index in [1.807, 2.05) is 13.8 Å². The summed E-state index contributed by atoms with van der Waals surface area (Å²) in [5.41, 5.74) is 1.19. The van der Waals surface area contributed by atoms with E-state index in [4.69, 9.17) is 0 Å². The summed E-state index contributed by atoms with van der Waals surface area (Å²) in [6.45, 7) is 6.38. The Hall–Kier alpha value is -0.990. The molecule has 0 spiro atoms. The molecule has 0 aliphatic heterocycles. The second-order valence-electron chi connectivity index (χ2n) is 4.33. The average molecular weight is 306 g/mol. The van der Waals surface area contributed by atoms with Gasteiger partial charge in [-0.1, -0.05) is 20.8 Å². The third-order valence-corrected chi connectivity index (χ3v) is 5.70. The molecule has 0 aromatic carbocycles. The Bertz CT molecular complexity index is 537. The SMILES string of the molecule is CCN(CC(C)C)S(=O)(=O)c1scnc1C(=O)OC. The number of methoxy groups -OCH3 is 1. The van der Waals surface area contributed by atoms with Gasteiger partial charge in [0.05, 0.1) is 12.6 Å². The molecule has 0 saturated carbocycles. The molecule has 1 aromatic heterocycles. The predicted molar refractivity (Wildman–Crippen MR) is 72.7 cm³/mol.